The van der Waals surface area contributed by atoms with Crippen LogP contribution in [-0.2, 0) is 5.41 Å². The number of aliphatic hydroxyl groups is 1. The molecule has 0 aromatic heterocycles. The number of nitrogens with zero attached hydrogens (tertiary/aromatic N) is 2. The quantitative estimate of drug-likeness (QED) is 0.853. The van der Waals surface area contributed by atoms with Gasteiger partial charge in [-0.25, -0.2) is 17.6 Å². The number of benzene rings is 1. The molecule has 1 amide bonds. The Kier molecular flexibility index (Phi) is 4.72. The Morgan fingerprint density at radius 3 is 2.17 bits per heavy atom. The second-order valence-corrected chi connectivity index (χ2v) is 6.69. The van der Waals surface area contributed by atoms with E-state index in [4.69, 9.17) is 0 Å². The molecule has 1 N–H and O–H groups in total. The highest BCUT2D eigenvalue weighted by Gasteiger charge is 2.53. The third-order valence-corrected chi connectivity index (χ3v) is 3.83. The zero-order valence-corrected chi connectivity index (χ0v) is 13.4. The molecule has 0 saturated carbocycles. The lowest BCUT2D eigenvalue weighted by Gasteiger charge is -2.30. The summed E-state index contributed by atoms with van der Waals surface area (Å²) < 4.78 is 51.8. The van der Waals surface area contributed by atoms with Gasteiger partial charge in [0.05, 0.1) is 0 Å². The van der Waals surface area contributed by atoms with Gasteiger partial charge in [-0.3, -0.25) is 4.79 Å². The highest BCUT2D eigenvalue weighted by molar-refractivity contribution is 5.99. The van der Waals surface area contributed by atoms with Gasteiger partial charge in [0.1, 0.15) is 5.71 Å². The van der Waals surface area contributed by atoms with Crippen molar-refractivity contribution in [2.45, 2.75) is 51.2 Å². The van der Waals surface area contributed by atoms with Gasteiger partial charge >= 0.3 is 0 Å². The molecule has 1 aliphatic rings. The number of alkyl halides is 4. The van der Waals surface area contributed by atoms with E-state index < -0.39 is 36.6 Å². The molecule has 1 unspecified atom stereocenters. The third-order valence-electron chi connectivity index (χ3n) is 3.83. The highest BCUT2D eigenvalue weighted by Crippen LogP contribution is 2.34. The summed E-state index contributed by atoms with van der Waals surface area (Å²) in [5, 5.41) is 13.3. The molecule has 1 aromatic carbocycles. The normalized spacial score (nSPS) is 21.6. The van der Waals surface area contributed by atoms with Gasteiger partial charge in [-0.1, -0.05) is 32.9 Å². The SMILES string of the molecule is CC(C)(C)c1ccc(C(=O)N2N=C(C(F)F)CC2(O)C(F)F)cc1. The van der Waals surface area contributed by atoms with E-state index >= 15 is 0 Å². The van der Waals surface area contributed by atoms with Crippen LogP contribution in [0.3, 0.4) is 0 Å². The number of hydrogen-bond acceptors (Lipinski definition) is 3. The molecule has 0 fully saturated rings. The van der Waals surface area contributed by atoms with Crippen molar-refractivity contribution < 1.29 is 27.5 Å². The first-order valence-electron chi connectivity index (χ1n) is 7.28. The minimum absolute atomic E-state index is 0.0265. The molecule has 1 aromatic rings. The summed E-state index contributed by atoms with van der Waals surface area (Å²) in [6.07, 6.45) is -7.65. The lowest BCUT2D eigenvalue weighted by molar-refractivity contribution is -0.164. The molecule has 132 valence electrons. The Balaban J connectivity index is 2.35. The maximum atomic E-state index is 13.1. The molecule has 1 aliphatic heterocycles. The van der Waals surface area contributed by atoms with Crippen LogP contribution in [0.25, 0.3) is 0 Å². The van der Waals surface area contributed by atoms with Crippen LogP contribution in [0.15, 0.2) is 29.4 Å². The Hall–Kier alpha value is -1.96. The Bertz CT molecular complexity index is 653. The number of halogens is 4. The predicted molar refractivity (Wildman–Crippen MR) is 80.3 cm³/mol. The topological polar surface area (TPSA) is 52.9 Å². The molecular formula is C16H18F4N2O2. The zero-order valence-electron chi connectivity index (χ0n) is 13.4. The van der Waals surface area contributed by atoms with Crippen LogP contribution in [0.5, 0.6) is 0 Å². The molecular weight excluding hydrogens is 328 g/mol. The molecule has 8 heteroatoms. The van der Waals surface area contributed by atoms with Gasteiger partial charge in [0.2, 0.25) is 5.72 Å². The van der Waals surface area contributed by atoms with Crippen molar-refractivity contribution >= 4 is 11.6 Å². The standard InChI is InChI=1S/C16H18F4N2O2/c1-15(2,3)10-6-4-9(5-7-10)13(23)22-16(24,14(19)20)8-11(21-22)12(17)18/h4-7,12,14,24H,8H2,1-3H3. The van der Waals surface area contributed by atoms with Gasteiger partial charge in [-0.05, 0) is 23.1 Å². The second kappa shape index (κ2) is 6.16. The first-order chi connectivity index (χ1) is 11.0. The van der Waals surface area contributed by atoms with E-state index in [1.54, 1.807) is 12.1 Å². The van der Waals surface area contributed by atoms with Gasteiger partial charge in [0.15, 0.2) is 0 Å². The highest BCUT2D eigenvalue weighted by atomic mass is 19.3. The molecule has 0 saturated heterocycles. The van der Waals surface area contributed by atoms with Crippen molar-refractivity contribution in [1.29, 1.82) is 0 Å². The Morgan fingerprint density at radius 1 is 1.21 bits per heavy atom. The minimum atomic E-state index is -3.43. The molecule has 24 heavy (non-hydrogen) atoms. The van der Waals surface area contributed by atoms with E-state index in [0.29, 0.717) is 0 Å². The smallest absolute Gasteiger partial charge is 0.287 e. The fraction of sp³-hybridized carbons (Fsp3) is 0.500. The lowest BCUT2D eigenvalue weighted by atomic mass is 9.86. The summed E-state index contributed by atoms with van der Waals surface area (Å²) in [4.78, 5) is 12.4. The first-order valence-corrected chi connectivity index (χ1v) is 7.28. The van der Waals surface area contributed by atoms with Crippen molar-refractivity contribution in [2.75, 3.05) is 0 Å². The van der Waals surface area contributed by atoms with E-state index in [2.05, 4.69) is 5.10 Å². The predicted octanol–water partition coefficient (Wildman–Crippen LogP) is 3.40. The van der Waals surface area contributed by atoms with Crippen LogP contribution in [0.4, 0.5) is 17.6 Å². The molecule has 0 radical (unpaired) electrons. The summed E-state index contributed by atoms with van der Waals surface area (Å²) in [7, 11) is 0. The summed E-state index contributed by atoms with van der Waals surface area (Å²) in [6.45, 7) is 5.87. The number of amides is 1. The number of hydrazone groups is 1. The van der Waals surface area contributed by atoms with E-state index in [1.807, 2.05) is 20.8 Å². The van der Waals surface area contributed by atoms with Crippen molar-refractivity contribution in [2.24, 2.45) is 5.10 Å². The fourth-order valence-corrected chi connectivity index (χ4v) is 2.34. The number of rotatable bonds is 3. The lowest BCUT2D eigenvalue weighted by Crippen LogP contribution is -2.51. The van der Waals surface area contributed by atoms with E-state index in [1.165, 1.54) is 12.1 Å². The largest absolute Gasteiger partial charge is 0.364 e. The van der Waals surface area contributed by atoms with Crippen molar-refractivity contribution in [1.82, 2.24) is 5.01 Å². The second-order valence-electron chi connectivity index (χ2n) is 6.69. The van der Waals surface area contributed by atoms with Crippen molar-refractivity contribution in [3.8, 4) is 0 Å². The van der Waals surface area contributed by atoms with Gasteiger partial charge in [-0.15, -0.1) is 0 Å². The van der Waals surface area contributed by atoms with Crippen LogP contribution < -0.4 is 0 Å². The molecule has 1 heterocycles. The molecule has 1 atom stereocenters. The van der Waals surface area contributed by atoms with E-state index in [9.17, 15) is 27.5 Å². The first kappa shape index (κ1) is 18.4. The summed E-state index contributed by atoms with van der Waals surface area (Å²) in [5.41, 5.74) is -3.31. The van der Waals surface area contributed by atoms with Gasteiger partial charge in [0.25, 0.3) is 18.8 Å². The molecule has 4 nitrogen and oxygen atoms in total. The van der Waals surface area contributed by atoms with Crippen LogP contribution in [0.2, 0.25) is 0 Å². The summed E-state index contributed by atoms with van der Waals surface area (Å²) in [6, 6.07) is 6.07. The van der Waals surface area contributed by atoms with Gasteiger partial charge in [-0.2, -0.15) is 10.1 Å². The van der Waals surface area contributed by atoms with Crippen molar-refractivity contribution in [3.05, 3.63) is 35.4 Å². The average molecular weight is 346 g/mol. The molecule has 2 rings (SSSR count). The maximum Gasteiger partial charge on any atom is 0.287 e. The Morgan fingerprint density at radius 2 is 1.75 bits per heavy atom. The van der Waals surface area contributed by atoms with E-state index in [0.717, 1.165) is 5.56 Å². The van der Waals surface area contributed by atoms with Crippen LogP contribution in [0.1, 0.15) is 43.1 Å². The van der Waals surface area contributed by atoms with Crippen LogP contribution >= 0.6 is 0 Å². The summed E-state index contributed by atoms with van der Waals surface area (Å²) >= 11 is 0. The van der Waals surface area contributed by atoms with Crippen LogP contribution in [-0.4, -0.2) is 40.3 Å². The van der Waals surface area contributed by atoms with Crippen molar-refractivity contribution in [3.63, 3.8) is 0 Å². The van der Waals surface area contributed by atoms with Gasteiger partial charge < -0.3 is 5.11 Å². The number of carbonyl (C=O) groups is 1. The average Bonchev–Trinajstić information content (AvgIpc) is 2.85. The monoisotopic (exact) mass is 346 g/mol. The maximum absolute atomic E-state index is 13.1. The minimum Gasteiger partial charge on any atom is -0.364 e. The third kappa shape index (κ3) is 3.28. The zero-order chi connectivity index (χ0) is 18.3. The molecule has 0 aliphatic carbocycles. The number of carbonyl (C=O) groups excluding carboxylic acids is 1. The van der Waals surface area contributed by atoms with E-state index in [-0.39, 0.29) is 16.0 Å². The summed E-state index contributed by atoms with van der Waals surface area (Å²) in [5.74, 6) is -1.06. The molecule has 0 spiro atoms. The van der Waals surface area contributed by atoms with Gasteiger partial charge in [0, 0.05) is 12.0 Å². The molecule has 0 bridgehead atoms. The fourth-order valence-electron chi connectivity index (χ4n) is 2.34. The number of hydrogen-bond donors (Lipinski definition) is 1. The Labute approximate surface area is 136 Å². The van der Waals surface area contributed by atoms with Crippen LogP contribution in [0, 0.1) is 0 Å².